The van der Waals surface area contributed by atoms with Crippen LogP contribution in [0.1, 0.15) is 5.56 Å². The maximum Gasteiger partial charge on any atom is 0.226 e. The lowest BCUT2D eigenvalue weighted by molar-refractivity contribution is 0.288. The molecule has 142 valence electrons. The second-order valence-corrected chi connectivity index (χ2v) is 6.60. The average Bonchev–Trinajstić information content (AvgIpc) is 3.17. The Hall–Kier alpha value is -3.93. The van der Waals surface area contributed by atoms with Crippen LogP contribution >= 0.6 is 0 Å². The number of nitrogens with zero attached hydrogens (tertiary/aromatic N) is 4. The molecule has 0 amide bonds. The fourth-order valence-electron chi connectivity index (χ4n) is 3.32. The SMILES string of the molecule is COc1ccc(-n2nc3c(cnc4ccccc43)c2OCc2ccncc2)cc1. The van der Waals surface area contributed by atoms with E-state index in [-0.39, 0.29) is 0 Å². The van der Waals surface area contributed by atoms with Crippen LogP contribution in [0.5, 0.6) is 11.6 Å². The summed E-state index contributed by atoms with van der Waals surface area (Å²) in [6.45, 7) is 0.409. The summed E-state index contributed by atoms with van der Waals surface area (Å²) in [4.78, 5) is 8.66. The first-order chi connectivity index (χ1) is 14.3. The summed E-state index contributed by atoms with van der Waals surface area (Å²) < 4.78 is 13.3. The Labute approximate surface area is 167 Å². The van der Waals surface area contributed by atoms with E-state index in [1.807, 2.05) is 71.5 Å². The topological polar surface area (TPSA) is 62.1 Å². The van der Waals surface area contributed by atoms with Gasteiger partial charge in [-0.3, -0.25) is 9.97 Å². The van der Waals surface area contributed by atoms with Crippen LogP contribution in [0.25, 0.3) is 27.5 Å². The molecular formula is C23H18N4O2. The Morgan fingerprint density at radius 1 is 0.897 bits per heavy atom. The molecule has 0 saturated heterocycles. The molecule has 0 spiro atoms. The van der Waals surface area contributed by atoms with Gasteiger partial charge < -0.3 is 9.47 Å². The van der Waals surface area contributed by atoms with Gasteiger partial charge >= 0.3 is 0 Å². The molecule has 6 heteroatoms. The number of para-hydroxylation sites is 1. The second-order valence-electron chi connectivity index (χ2n) is 6.60. The fraction of sp³-hybridized carbons (Fsp3) is 0.0870. The Morgan fingerprint density at radius 3 is 2.48 bits per heavy atom. The van der Waals surface area contributed by atoms with E-state index in [4.69, 9.17) is 14.6 Å². The quantitative estimate of drug-likeness (QED) is 0.446. The maximum atomic E-state index is 6.24. The summed E-state index contributed by atoms with van der Waals surface area (Å²) in [5.74, 6) is 1.44. The smallest absolute Gasteiger partial charge is 0.226 e. The molecule has 3 heterocycles. The number of aromatic nitrogens is 4. The van der Waals surface area contributed by atoms with Gasteiger partial charge in [0.15, 0.2) is 0 Å². The zero-order chi connectivity index (χ0) is 19.6. The van der Waals surface area contributed by atoms with Gasteiger partial charge in [-0.2, -0.15) is 9.78 Å². The summed E-state index contributed by atoms with van der Waals surface area (Å²) >= 11 is 0. The molecule has 0 unspecified atom stereocenters. The molecule has 0 aliphatic rings. The molecule has 0 fully saturated rings. The van der Waals surface area contributed by atoms with Gasteiger partial charge in [-0.05, 0) is 48.0 Å². The zero-order valence-corrected chi connectivity index (χ0v) is 15.8. The monoisotopic (exact) mass is 382 g/mol. The normalized spacial score (nSPS) is 11.1. The van der Waals surface area contributed by atoms with Crippen LogP contribution < -0.4 is 9.47 Å². The average molecular weight is 382 g/mol. The first-order valence-corrected chi connectivity index (χ1v) is 9.26. The highest BCUT2D eigenvalue weighted by atomic mass is 16.5. The summed E-state index contributed by atoms with van der Waals surface area (Å²) in [6, 6.07) is 19.6. The number of rotatable bonds is 5. The number of hydrogen-bond donors (Lipinski definition) is 0. The Balaban J connectivity index is 1.67. The lowest BCUT2D eigenvalue weighted by Gasteiger charge is -2.10. The van der Waals surface area contributed by atoms with Crippen molar-refractivity contribution in [3.05, 3.63) is 84.8 Å². The van der Waals surface area contributed by atoms with Gasteiger partial charge in [0, 0.05) is 24.0 Å². The van der Waals surface area contributed by atoms with Crippen molar-refractivity contribution < 1.29 is 9.47 Å². The van der Waals surface area contributed by atoms with Gasteiger partial charge in [0.25, 0.3) is 0 Å². The number of ether oxygens (including phenoxy) is 2. The van der Waals surface area contributed by atoms with Crippen molar-refractivity contribution >= 4 is 21.8 Å². The van der Waals surface area contributed by atoms with Gasteiger partial charge in [0.2, 0.25) is 5.88 Å². The van der Waals surface area contributed by atoms with Crippen LogP contribution in [0.4, 0.5) is 0 Å². The molecule has 6 nitrogen and oxygen atoms in total. The molecule has 0 aliphatic heterocycles. The van der Waals surface area contributed by atoms with Crippen LogP contribution in [0.3, 0.4) is 0 Å². The van der Waals surface area contributed by atoms with E-state index >= 15 is 0 Å². The summed E-state index contributed by atoms with van der Waals surface area (Å²) in [5, 5.41) is 6.74. The molecule has 29 heavy (non-hydrogen) atoms. The molecule has 3 aromatic heterocycles. The third kappa shape index (κ3) is 3.14. The van der Waals surface area contributed by atoms with Crippen molar-refractivity contribution in [1.29, 1.82) is 0 Å². The zero-order valence-electron chi connectivity index (χ0n) is 15.8. The van der Waals surface area contributed by atoms with Crippen molar-refractivity contribution in [2.24, 2.45) is 0 Å². The van der Waals surface area contributed by atoms with Crippen LogP contribution in [-0.2, 0) is 6.61 Å². The lowest BCUT2D eigenvalue weighted by Crippen LogP contribution is -2.03. The Bertz CT molecular complexity index is 1280. The van der Waals surface area contributed by atoms with E-state index in [0.29, 0.717) is 12.5 Å². The predicted molar refractivity (Wildman–Crippen MR) is 111 cm³/mol. The highest BCUT2D eigenvalue weighted by Gasteiger charge is 2.17. The van der Waals surface area contributed by atoms with Crippen molar-refractivity contribution in [2.45, 2.75) is 6.61 Å². The predicted octanol–water partition coefficient (Wildman–Crippen LogP) is 4.56. The minimum absolute atomic E-state index is 0.409. The van der Waals surface area contributed by atoms with Gasteiger partial charge in [-0.25, -0.2) is 0 Å². The number of hydrogen-bond acceptors (Lipinski definition) is 5. The van der Waals surface area contributed by atoms with Gasteiger partial charge in [0.1, 0.15) is 17.9 Å². The molecule has 0 atom stereocenters. The lowest BCUT2D eigenvalue weighted by atomic mass is 10.2. The van der Waals surface area contributed by atoms with Crippen LogP contribution in [0.15, 0.2) is 79.3 Å². The first-order valence-electron chi connectivity index (χ1n) is 9.26. The largest absolute Gasteiger partial charge is 0.497 e. The Morgan fingerprint density at radius 2 is 1.69 bits per heavy atom. The summed E-state index contributed by atoms with van der Waals surface area (Å²) in [7, 11) is 1.65. The van der Waals surface area contributed by atoms with E-state index in [1.165, 1.54) is 0 Å². The molecule has 5 aromatic rings. The van der Waals surface area contributed by atoms with Crippen LogP contribution in [-0.4, -0.2) is 26.9 Å². The molecule has 0 aliphatic carbocycles. The summed E-state index contributed by atoms with van der Waals surface area (Å²) in [5.41, 5.74) is 3.68. The third-order valence-corrected chi connectivity index (χ3v) is 4.81. The Kier molecular flexibility index (Phi) is 4.29. The minimum atomic E-state index is 0.409. The van der Waals surface area contributed by atoms with Crippen molar-refractivity contribution in [3.8, 4) is 17.3 Å². The van der Waals surface area contributed by atoms with Gasteiger partial charge in [-0.1, -0.05) is 18.2 Å². The molecule has 0 bridgehead atoms. The minimum Gasteiger partial charge on any atom is -0.497 e. The highest BCUT2D eigenvalue weighted by molar-refractivity contribution is 6.05. The number of pyridine rings is 2. The first kappa shape index (κ1) is 17.2. The van der Waals surface area contributed by atoms with E-state index in [1.54, 1.807) is 19.5 Å². The number of methoxy groups -OCH3 is 1. The standard InChI is InChI=1S/C23H18N4O2/c1-28-18-8-6-17(7-9-18)27-23(29-15-16-10-12-24-13-11-16)20-14-25-21-5-3-2-4-19(21)22(20)26-27/h2-14H,15H2,1H3. The third-order valence-electron chi connectivity index (χ3n) is 4.81. The number of fused-ring (bicyclic) bond motifs is 3. The number of benzene rings is 2. The molecule has 2 aromatic carbocycles. The van der Waals surface area contributed by atoms with Crippen LogP contribution in [0.2, 0.25) is 0 Å². The maximum absolute atomic E-state index is 6.24. The van der Waals surface area contributed by atoms with Crippen molar-refractivity contribution in [1.82, 2.24) is 19.7 Å². The molecular weight excluding hydrogens is 364 g/mol. The summed E-state index contributed by atoms with van der Waals surface area (Å²) in [6.07, 6.45) is 5.34. The molecule has 0 N–H and O–H groups in total. The van der Waals surface area contributed by atoms with E-state index in [0.717, 1.165) is 38.8 Å². The van der Waals surface area contributed by atoms with Crippen molar-refractivity contribution in [3.63, 3.8) is 0 Å². The van der Waals surface area contributed by atoms with Gasteiger partial charge in [-0.15, -0.1) is 0 Å². The van der Waals surface area contributed by atoms with Gasteiger partial charge in [0.05, 0.1) is 23.7 Å². The molecule has 0 saturated carbocycles. The molecule has 5 rings (SSSR count). The highest BCUT2D eigenvalue weighted by Crippen LogP contribution is 2.33. The van der Waals surface area contributed by atoms with E-state index in [9.17, 15) is 0 Å². The fourth-order valence-corrected chi connectivity index (χ4v) is 3.32. The van der Waals surface area contributed by atoms with Crippen molar-refractivity contribution in [2.75, 3.05) is 7.11 Å². The van der Waals surface area contributed by atoms with E-state index < -0.39 is 0 Å². The van der Waals surface area contributed by atoms with Crippen LogP contribution in [0, 0.1) is 0 Å². The second kappa shape index (κ2) is 7.24. The molecule has 0 radical (unpaired) electrons. The van der Waals surface area contributed by atoms with E-state index in [2.05, 4.69) is 9.97 Å².